The van der Waals surface area contributed by atoms with Crippen LogP contribution in [0.1, 0.15) is 94.3 Å². The maximum Gasteiger partial charge on any atom is 0.262 e. The monoisotopic (exact) mass is 628 g/mol. The van der Waals surface area contributed by atoms with Gasteiger partial charge in [-0.05, 0) is 56.0 Å². The predicted octanol–water partition coefficient (Wildman–Crippen LogP) is 10.9. The summed E-state index contributed by atoms with van der Waals surface area (Å²) in [5.41, 5.74) is 15.0. The number of ether oxygens (including phenoxy) is 1. The van der Waals surface area contributed by atoms with Crippen molar-refractivity contribution in [3.8, 4) is 5.75 Å². The van der Waals surface area contributed by atoms with Gasteiger partial charge in [0.25, 0.3) is 5.52 Å². The Morgan fingerprint density at radius 3 is 1.73 bits per heavy atom. The summed E-state index contributed by atoms with van der Waals surface area (Å²) in [5.74, 6) is 0.875. The van der Waals surface area contributed by atoms with E-state index in [9.17, 15) is 0 Å². The number of rotatable bonds is 11. The molecule has 0 saturated carbocycles. The van der Waals surface area contributed by atoms with Crippen LogP contribution in [0.15, 0.2) is 47.9 Å². The van der Waals surface area contributed by atoms with E-state index in [0.29, 0.717) is 33.2 Å². The fourth-order valence-electron chi connectivity index (χ4n) is 8.88. The van der Waals surface area contributed by atoms with E-state index < -0.39 is 16.1 Å². The molecule has 238 valence electrons. The van der Waals surface area contributed by atoms with E-state index in [1.54, 1.807) is 7.11 Å². The predicted molar refractivity (Wildman–Crippen MR) is 198 cm³/mol. The van der Waals surface area contributed by atoms with Crippen LogP contribution < -0.4 is 9.25 Å². The van der Waals surface area contributed by atoms with Crippen LogP contribution in [-0.2, 0) is 7.05 Å². The normalized spacial score (nSPS) is 13.8. The highest BCUT2D eigenvalue weighted by molar-refractivity contribution is 6.89. The van der Waals surface area contributed by atoms with E-state index in [0.717, 1.165) is 17.0 Å². The van der Waals surface area contributed by atoms with Crippen LogP contribution in [0.2, 0.25) is 33.2 Å². The molecule has 0 radical (unpaired) electrons. The average Bonchev–Trinajstić information content (AvgIpc) is 3.23. The van der Waals surface area contributed by atoms with E-state index in [2.05, 4.69) is 159 Å². The van der Waals surface area contributed by atoms with E-state index in [1.165, 1.54) is 27.4 Å². The van der Waals surface area contributed by atoms with Gasteiger partial charge < -0.3 is 9.30 Å². The van der Waals surface area contributed by atoms with Gasteiger partial charge in [0.05, 0.1) is 28.8 Å². The summed E-state index contributed by atoms with van der Waals surface area (Å²) in [6, 6.07) is 11.0. The Bertz CT molecular complexity index is 1650. The molecule has 44 heavy (non-hydrogen) atoms. The number of hydrogen-bond acceptors (Lipinski definition) is 2. The van der Waals surface area contributed by atoms with Gasteiger partial charge in [-0.2, -0.15) is 0 Å². The summed E-state index contributed by atoms with van der Waals surface area (Å²) < 4.78 is 9.98. The largest absolute Gasteiger partial charge is 0.497 e. The van der Waals surface area contributed by atoms with Gasteiger partial charge in [0.1, 0.15) is 17.0 Å². The van der Waals surface area contributed by atoms with Crippen molar-refractivity contribution in [1.29, 1.82) is 0 Å². The third-order valence-electron chi connectivity index (χ3n) is 11.2. The van der Waals surface area contributed by atoms with E-state index in [-0.39, 0.29) is 0 Å². The lowest BCUT2D eigenvalue weighted by Gasteiger charge is -2.41. The summed E-state index contributed by atoms with van der Waals surface area (Å²) in [7, 11) is 0.371. The van der Waals surface area contributed by atoms with Gasteiger partial charge in [0, 0.05) is 46.7 Å². The molecule has 4 aromatic rings. The van der Waals surface area contributed by atoms with Gasteiger partial charge in [-0.3, -0.25) is 0 Å². The second kappa shape index (κ2) is 13.0. The second-order valence-electron chi connectivity index (χ2n) is 14.9. The molecule has 6 heteroatoms. The van der Waals surface area contributed by atoms with Gasteiger partial charge >= 0.3 is 0 Å². The Labute approximate surface area is 269 Å². The molecule has 0 bridgehead atoms. The molecule has 0 saturated heterocycles. The summed E-state index contributed by atoms with van der Waals surface area (Å²) in [6.07, 6.45) is 6.98. The molecule has 1 aromatic carbocycles. The molecule has 4 rings (SSSR count). The molecule has 0 N–H and O–H groups in total. The van der Waals surface area contributed by atoms with Gasteiger partial charge in [-0.1, -0.05) is 101 Å². The van der Waals surface area contributed by atoms with Crippen molar-refractivity contribution in [2.75, 3.05) is 7.11 Å². The number of pyridine rings is 1. The van der Waals surface area contributed by atoms with Gasteiger partial charge in [-0.25, -0.2) is 0 Å². The zero-order chi connectivity index (χ0) is 32.7. The fourth-order valence-corrected chi connectivity index (χ4v) is 20.1. The van der Waals surface area contributed by atoms with E-state index in [4.69, 9.17) is 9.84 Å². The molecule has 0 fully saturated rings. The Kier molecular flexibility index (Phi) is 10.1. The van der Waals surface area contributed by atoms with Crippen LogP contribution >= 0.6 is 0 Å². The molecule has 3 aromatic heterocycles. The summed E-state index contributed by atoms with van der Waals surface area (Å²) >= 11 is 0. The first-order valence-corrected chi connectivity index (χ1v) is 21.5. The Morgan fingerprint density at radius 2 is 1.23 bits per heavy atom. The maximum atomic E-state index is 5.58. The van der Waals surface area contributed by atoms with Crippen molar-refractivity contribution in [3.63, 3.8) is 0 Å². The topological polar surface area (TPSA) is 31.1 Å². The number of methoxy groups -OCH3 is 1. The first-order valence-electron chi connectivity index (χ1n) is 16.8. The summed E-state index contributed by atoms with van der Waals surface area (Å²) in [5, 5.41) is 7.84. The maximum absolute atomic E-state index is 5.58. The number of hydrogen-bond donors (Lipinski definition) is 0. The molecule has 0 atom stereocenters. The van der Waals surface area contributed by atoms with Crippen molar-refractivity contribution in [1.82, 2.24) is 9.67 Å². The molecule has 0 aliphatic heterocycles. The third-order valence-corrected chi connectivity index (χ3v) is 24.7. The van der Waals surface area contributed by atoms with Crippen molar-refractivity contribution in [3.05, 3.63) is 59.2 Å². The standard InChI is InChI=1S/C38H58N3OSi2/c1-25(2)43(26(3)4,27(5)6)21-18-31-23-37-38-34(33-16-15-32(42-14)24-36(33)40(38)13)17-20-41(37)39-35(31)19-22-44(28(7)8,29(9)10)30(11)12/h15-30H,1-14H3/q+1/b21-18+,22-19+. The minimum absolute atomic E-state index is 0.654. The van der Waals surface area contributed by atoms with Crippen LogP contribution in [0.25, 0.3) is 39.5 Å². The minimum Gasteiger partial charge on any atom is -0.497 e. The molecule has 0 amide bonds. The lowest BCUT2D eigenvalue weighted by atomic mass is 10.1. The number of fused-ring (bicyclic) bond motifs is 5. The highest BCUT2D eigenvalue weighted by Crippen LogP contribution is 2.44. The molecule has 4 nitrogen and oxygen atoms in total. The number of aromatic nitrogens is 3. The highest BCUT2D eigenvalue weighted by Gasteiger charge is 2.41. The number of nitrogens with zero attached hydrogens (tertiary/aromatic N) is 3. The van der Waals surface area contributed by atoms with Crippen LogP contribution in [0.3, 0.4) is 0 Å². The Morgan fingerprint density at radius 1 is 0.705 bits per heavy atom. The highest BCUT2D eigenvalue weighted by atomic mass is 28.3. The zero-order valence-corrected chi connectivity index (χ0v) is 32.0. The number of benzene rings is 1. The van der Waals surface area contributed by atoms with Gasteiger partial charge in [-0.15, -0.1) is 0 Å². The Hall–Kier alpha value is -2.71. The number of aryl methyl sites for hydroxylation is 1. The molecule has 3 heterocycles. The molecule has 0 aliphatic carbocycles. The average molecular weight is 629 g/mol. The lowest BCUT2D eigenvalue weighted by Crippen LogP contribution is -2.42. The molecular weight excluding hydrogens is 571 g/mol. The van der Waals surface area contributed by atoms with Crippen LogP contribution in [0.4, 0.5) is 0 Å². The fraction of sp³-hybridized carbons (Fsp3) is 0.526. The van der Waals surface area contributed by atoms with Crippen LogP contribution in [0, 0.1) is 0 Å². The van der Waals surface area contributed by atoms with Crippen LogP contribution in [-0.4, -0.2) is 32.9 Å². The first kappa shape index (κ1) is 34.2. The zero-order valence-electron chi connectivity index (χ0n) is 30.0. The second-order valence-corrected chi connectivity index (χ2v) is 26.5. The van der Waals surface area contributed by atoms with E-state index >= 15 is 0 Å². The molecule has 0 spiro atoms. The molecule has 0 aliphatic rings. The smallest absolute Gasteiger partial charge is 0.262 e. The summed E-state index contributed by atoms with van der Waals surface area (Å²) in [6.45, 7) is 29.2. The first-order chi connectivity index (χ1) is 20.6. The van der Waals surface area contributed by atoms with Crippen molar-refractivity contribution >= 4 is 55.6 Å². The molecule has 0 unspecified atom stereocenters. The van der Waals surface area contributed by atoms with Crippen molar-refractivity contribution in [2.45, 2.75) is 116 Å². The Balaban J connectivity index is 2.07. The van der Waals surface area contributed by atoms with Crippen LogP contribution in [0.5, 0.6) is 5.75 Å². The van der Waals surface area contributed by atoms with Crippen molar-refractivity contribution < 1.29 is 9.25 Å². The quantitative estimate of drug-likeness (QED) is 0.122. The van der Waals surface area contributed by atoms with Gasteiger partial charge in [0.2, 0.25) is 6.20 Å². The van der Waals surface area contributed by atoms with Crippen molar-refractivity contribution in [2.24, 2.45) is 7.05 Å². The lowest BCUT2D eigenvalue weighted by molar-refractivity contribution is -0.580. The minimum atomic E-state index is -1.77. The SMILES string of the molecule is COc1ccc2c3cc[n+]4nc(/C=C/[Si](C(C)C)(C(C)C)C(C)C)c(/C=C/[Si](C(C)C)(C(C)C)C(C)C)cc4c3n(C)c2c1. The van der Waals surface area contributed by atoms with Gasteiger partial charge in [0.15, 0.2) is 0 Å². The third kappa shape index (κ3) is 5.62. The summed E-state index contributed by atoms with van der Waals surface area (Å²) in [4.78, 5) is 0. The van der Waals surface area contributed by atoms with E-state index in [1.807, 2.05) is 0 Å². The molecular formula is C38H58N3OSi2+.